The summed E-state index contributed by atoms with van der Waals surface area (Å²) in [6, 6.07) is 123. The van der Waals surface area contributed by atoms with Gasteiger partial charge in [-0.2, -0.15) is 0 Å². The van der Waals surface area contributed by atoms with Crippen LogP contribution in [0.15, 0.2) is 340 Å². The van der Waals surface area contributed by atoms with Crippen LogP contribution in [0, 0.1) is 0 Å². The van der Waals surface area contributed by atoms with Crippen LogP contribution in [0.3, 0.4) is 0 Å². The molecular formula is C88H56N6. The summed E-state index contributed by atoms with van der Waals surface area (Å²) in [4.78, 5) is 11.4. The van der Waals surface area contributed by atoms with E-state index in [0.29, 0.717) is 5.95 Å². The van der Waals surface area contributed by atoms with Crippen molar-refractivity contribution >= 4 is 87.2 Å². The summed E-state index contributed by atoms with van der Waals surface area (Å²) in [5.41, 5.74) is 25.0. The third kappa shape index (κ3) is 8.58. The fourth-order valence-corrected chi connectivity index (χ4v) is 14.9. The first-order chi connectivity index (χ1) is 46.6. The number of hydrogen-bond donors (Lipinski definition) is 0. The number of aromatic nitrogens is 6. The molecule has 94 heavy (non-hydrogen) atoms. The lowest BCUT2D eigenvalue weighted by molar-refractivity contribution is 0.995. The highest BCUT2D eigenvalue weighted by Crippen LogP contribution is 2.43. The number of para-hydroxylation sites is 6. The third-order valence-electron chi connectivity index (χ3n) is 19.2. The molecule has 0 unspecified atom stereocenters. The summed E-state index contributed by atoms with van der Waals surface area (Å²) >= 11 is 0. The molecule has 14 aromatic carbocycles. The van der Waals surface area contributed by atoms with Crippen molar-refractivity contribution in [3.05, 3.63) is 340 Å². The van der Waals surface area contributed by atoms with Gasteiger partial charge in [0.1, 0.15) is 0 Å². The molecule has 0 fully saturated rings. The lowest BCUT2D eigenvalue weighted by atomic mass is 9.92. The fourth-order valence-electron chi connectivity index (χ4n) is 14.9. The zero-order valence-corrected chi connectivity index (χ0v) is 51.0. The predicted molar refractivity (Wildman–Crippen MR) is 392 cm³/mol. The molecule has 0 atom stereocenters. The second kappa shape index (κ2) is 21.5. The summed E-state index contributed by atoms with van der Waals surface area (Å²) in [7, 11) is 0. The summed E-state index contributed by atoms with van der Waals surface area (Å²) in [6.45, 7) is 0. The molecule has 19 rings (SSSR count). The molecule has 6 nitrogen and oxygen atoms in total. The fraction of sp³-hybridized carbons (Fsp3) is 0. The Labute approximate surface area is 542 Å². The van der Waals surface area contributed by atoms with Crippen LogP contribution in [0.5, 0.6) is 0 Å². The van der Waals surface area contributed by atoms with Crippen LogP contribution in [0.2, 0.25) is 0 Å². The molecule has 5 heterocycles. The van der Waals surface area contributed by atoms with E-state index in [1.807, 2.05) is 0 Å². The van der Waals surface area contributed by atoms with Crippen molar-refractivity contribution in [3.8, 4) is 90.0 Å². The topological polar surface area (TPSA) is 45.5 Å². The van der Waals surface area contributed by atoms with Gasteiger partial charge in [-0.1, -0.05) is 231 Å². The molecule has 0 bridgehead atoms. The molecule has 5 aromatic heterocycles. The smallest absolute Gasteiger partial charge is 0.235 e. The molecule has 0 aliphatic rings. The van der Waals surface area contributed by atoms with Gasteiger partial charge in [-0.15, -0.1) is 0 Å². The average Bonchev–Trinajstić information content (AvgIpc) is 1.58. The van der Waals surface area contributed by atoms with Crippen molar-refractivity contribution in [1.29, 1.82) is 0 Å². The Morgan fingerprint density at radius 1 is 0.170 bits per heavy atom. The van der Waals surface area contributed by atoms with Gasteiger partial charge in [0.2, 0.25) is 5.95 Å². The number of nitrogens with zero attached hydrogens (tertiary/aromatic N) is 6. The normalized spacial score (nSPS) is 11.8. The summed E-state index contributed by atoms with van der Waals surface area (Å²) in [5, 5.41) is 9.56. The molecule has 0 aliphatic heterocycles. The minimum atomic E-state index is 0.587. The number of rotatable bonds is 10. The SMILES string of the molecule is c1ccc(-c2ccc(-c3cc(-c4cccc(-n5c6ccccc6c6cc(-c7ccc8c9ccccc9n(-c9ccccc9)c8c7)ccc65)c4)nc(-n4c5ccccc5c5cc(-c6ccc7c8ccccc8n(-c8ccccc8)c7c6)ccc54)n3)c(-c3ccccc3)c2)cc1. The van der Waals surface area contributed by atoms with Crippen molar-refractivity contribution in [2.75, 3.05) is 0 Å². The Bertz CT molecular complexity index is 6210. The van der Waals surface area contributed by atoms with Crippen LogP contribution < -0.4 is 0 Å². The van der Waals surface area contributed by atoms with E-state index in [4.69, 9.17) is 9.97 Å². The maximum atomic E-state index is 5.71. The second-order valence-corrected chi connectivity index (χ2v) is 24.5. The van der Waals surface area contributed by atoms with Gasteiger partial charge in [0.05, 0.1) is 55.5 Å². The van der Waals surface area contributed by atoms with Crippen molar-refractivity contribution in [2.24, 2.45) is 0 Å². The molecule has 0 saturated heterocycles. The van der Waals surface area contributed by atoms with E-state index < -0.39 is 0 Å². The van der Waals surface area contributed by atoms with Crippen LogP contribution in [-0.2, 0) is 0 Å². The van der Waals surface area contributed by atoms with E-state index in [-0.39, 0.29) is 0 Å². The van der Waals surface area contributed by atoms with Crippen molar-refractivity contribution < 1.29 is 0 Å². The first-order valence-electron chi connectivity index (χ1n) is 32.1. The minimum Gasteiger partial charge on any atom is -0.309 e. The van der Waals surface area contributed by atoms with E-state index in [2.05, 4.69) is 358 Å². The number of hydrogen-bond acceptors (Lipinski definition) is 2. The summed E-state index contributed by atoms with van der Waals surface area (Å²) in [5.74, 6) is 0.587. The molecule has 438 valence electrons. The van der Waals surface area contributed by atoms with Gasteiger partial charge < -0.3 is 13.7 Å². The Hall–Kier alpha value is -12.6. The highest BCUT2D eigenvalue weighted by atomic mass is 15.2. The van der Waals surface area contributed by atoms with Crippen LogP contribution in [0.1, 0.15) is 0 Å². The van der Waals surface area contributed by atoms with Crippen LogP contribution in [0.25, 0.3) is 177 Å². The molecule has 0 saturated carbocycles. The average molecular weight is 1200 g/mol. The maximum Gasteiger partial charge on any atom is 0.235 e. The molecule has 0 spiro atoms. The van der Waals surface area contributed by atoms with Crippen LogP contribution in [0.4, 0.5) is 0 Å². The van der Waals surface area contributed by atoms with Crippen molar-refractivity contribution in [3.63, 3.8) is 0 Å². The first-order valence-corrected chi connectivity index (χ1v) is 32.1. The molecule has 0 radical (unpaired) electrons. The predicted octanol–water partition coefficient (Wildman–Crippen LogP) is 22.9. The Balaban J connectivity index is 0.782. The lowest BCUT2D eigenvalue weighted by Crippen LogP contribution is -2.04. The first kappa shape index (κ1) is 53.2. The zero-order valence-electron chi connectivity index (χ0n) is 51.0. The van der Waals surface area contributed by atoms with E-state index in [1.54, 1.807) is 0 Å². The van der Waals surface area contributed by atoms with Crippen molar-refractivity contribution in [1.82, 2.24) is 28.2 Å². The molecule has 0 aliphatic carbocycles. The quantitative estimate of drug-likeness (QED) is 0.137. The number of fused-ring (bicyclic) bond motifs is 12. The number of benzene rings is 14. The Morgan fingerprint density at radius 2 is 0.532 bits per heavy atom. The Kier molecular flexibility index (Phi) is 12.2. The van der Waals surface area contributed by atoms with Gasteiger partial charge >= 0.3 is 0 Å². The standard InChI is InChI=1S/C88H56N6/c1-5-22-57(23-6-1)59-40-45-68(75(51-59)58-24-7-2-8-25-58)79-56-78(89-88(90-79)94-83-39-20-16-35-72(83)77-53-61(44-49-85(77)94)63-42-47-74-70-33-14-18-37-81(70)92(87(74)55-63)66-29-11-4-12-30-66)64-26-21-31-67(50-64)93-82-38-19-15-34-71(82)76-52-60(43-48-84(76)93)62-41-46-73-69-32-13-17-36-80(69)91(86(73)54-62)65-27-9-3-10-28-65/h1-56H. The van der Waals surface area contributed by atoms with E-state index in [1.165, 1.54) is 59.9 Å². The minimum absolute atomic E-state index is 0.587. The van der Waals surface area contributed by atoms with Crippen LogP contribution >= 0.6 is 0 Å². The monoisotopic (exact) mass is 1200 g/mol. The van der Waals surface area contributed by atoms with Gasteiger partial charge in [-0.25, -0.2) is 9.97 Å². The lowest BCUT2D eigenvalue weighted by Gasteiger charge is -2.16. The van der Waals surface area contributed by atoms with Gasteiger partial charge in [-0.3, -0.25) is 4.57 Å². The largest absolute Gasteiger partial charge is 0.309 e. The molecule has 6 heteroatoms. The van der Waals surface area contributed by atoms with E-state index in [9.17, 15) is 0 Å². The second-order valence-electron chi connectivity index (χ2n) is 24.5. The molecule has 0 N–H and O–H groups in total. The van der Waals surface area contributed by atoms with Crippen molar-refractivity contribution in [2.45, 2.75) is 0 Å². The molecule has 0 amide bonds. The van der Waals surface area contributed by atoms with Gasteiger partial charge in [0.15, 0.2) is 0 Å². The van der Waals surface area contributed by atoms with E-state index >= 15 is 0 Å². The third-order valence-corrected chi connectivity index (χ3v) is 19.2. The van der Waals surface area contributed by atoms with Gasteiger partial charge in [0.25, 0.3) is 0 Å². The molecular weight excluding hydrogens is 1140 g/mol. The zero-order chi connectivity index (χ0) is 61.8. The summed E-state index contributed by atoms with van der Waals surface area (Å²) in [6.07, 6.45) is 0. The molecule has 19 aromatic rings. The van der Waals surface area contributed by atoms with Gasteiger partial charge in [-0.05, 0) is 154 Å². The van der Waals surface area contributed by atoms with Crippen LogP contribution in [-0.4, -0.2) is 28.2 Å². The Morgan fingerprint density at radius 3 is 1.07 bits per heavy atom. The highest BCUT2D eigenvalue weighted by Gasteiger charge is 2.23. The summed E-state index contributed by atoms with van der Waals surface area (Å²) < 4.78 is 9.47. The maximum absolute atomic E-state index is 5.71. The van der Waals surface area contributed by atoms with E-state index in [0.717, 1.165) is 111 Å². The van der Waals surface area contributed by atoms with Gasteiger partial charge in [0, 0.05) is 71.3 Å². The highest BCUT2D eigenvalue weighted by molar-refractivity contribution is 6.15.